The van der Waals surface area contributed by atoms with Crippen LogP contribution in [0.15, 0.2) is 12.1 Å². The molecule has 0 N–H and O–H groups in total. The highest BCUT2D eigenvalue weighted by Gasteiger charge is 2.17. The van der Waals surface area contributed by atoms with Crippen LogP contribution in [0.3, 0.4) is 0 Å². The molecule has 0 aliphatic heterocycles. The van der Waals surface area contributed by atoms with Crippen LogP contribution in [0.25, 0.3) is 16.7 Å². The summed E-state index contributed by atoms with van der Waals surface area (Å²) in [5.74, 6) is 0.604. The average Bonchev–Trinajstić information content (AvgIpc) is 2.77. The third-order valence-electron chi connectivity index (χ3n) is 3.26. The lowest BCUT2D eigenvalue weighted by molar-refractivity contribution is -0.0526. The molecular weight excluding hydrogens is 314 g/mol. The number of pyridine rings is 1. The van der Waals surface area contributed by atoms with E-state index in [9.17, 15) is 8.78 Å². The van der Waals surface area contributed by atoms with Crippen LogP contribution in [0.5, 0.6) is 5.88 Å². The number of ether oxygens (including phenoxy) is 1. The van der Waals surface area contributed by atoms with E-state index < -0.39 is 6.61 Å². The lowest BCUT2D eigenvalue weighted by Crippen LogP contribution is -2.06. The van der Waals surface area contributed by atoms with E-state index in [0.717, 1.165) is 17.9 Å². The van der Waals surface area contributed by atoms with Gasteiger partial charge in [-0.1, -0.05) is 18.5 Å². The van der Waals surface area contributed by atoms with Gasteiger partial charge in [-0.25, -0.2) is 9.97 Å². The minimum atomic E-state index is -2.93. The predicted octanol–water partition coefficient (Wildman–Crippen LogP) is 3.79. The number of rotatable bonds is 4. The number of fused-ring (bicyclic) bond motifs is 3. The van der Waals surface area contributed by atoms with E-state index in [-0.39, 0.29) is 5.88 Å². The van der Waals surface area contributed by atoms with Crippen LogP contribution in [0.2, 0.25) is 5.15 Å². The third-order valence-corrected chi connectivity index (χ3v) is 3.52. The Morgan fingerprint density at radius 1 is 1.27 bits per heavy atom. The Morgan fingerprint density at radius 3 is 2.73 bits per heavy atom. The maximum atomic E-state index is 12.4. The molecule has 3 heterocycles. The van der Waals surface area contributed by atoms with Crippen LogP contribution in [-0.2, 0) is 6.42 Å². The number of hydrogen-bond acceptors (Lipinski definition) is 4. The number of aromatic nitrogens is 4. The lowest BCUT2D eigenvalue weighted by atomic mass is 10.3. The number of alkyl halides is 2. The molecule has 0 aliphatic carbocycles. The van der Waals surface area contributed by atoms with Crippen molar-refractivity contribution >= 4 is 28.3 Å². The van der Waals surface area contributed by atoms with Crippen molar-refractivity contribution in [3.8, 4) is 5.88 Å². The van der Waals surface area contributed by atoms with Crippen molar-refractivity contribution in [2.75, 3.05) is 0 Å². The highest BCUT2D eigenvalue weighted by Crippen LogP contribution is 2.27. The topological polar surface area (TPSA) is 52.3 Å². The fourth-order valence-electron chi connectivity index (χ4n) is 2.44. The second-order valence-electron chi connectivity index (χ2n) is 4.82. The summed E-state index contributed by atoms with van der Waals surface area (Å²) in [6, 6.07) is 2.89. The van der Waals surface area contributed by atoms with E-state index in [4.69, 9.17) is 11.6 Å². The van der Waals surface area contributed by atoms with E-state index in [1.807, 2.05) is 13.8 Å². The Kier molecular flexibility index (Phi) is 3.82. The van der Waals surface area contributed by atoms with Crippen molar-refractivity contribution in [3.63, 3.8) is 0 Å². The molecule has 0 saturated heterocycles. The van der Waals surface area contributed by atoms with Gasteiger partial charge in [-0.2, -0.15) is 13.8 Å². The van der Waals surface area contributed by atoms with Crippen molar-refractivity contribution in [2.45, 2.75) is 33.3 Å². The molecular formula is C14H13ClF2N4O. The first-order valence-electron chi connectivity index (χ1n) is 6.80. The first kappa shape index (κ1) is 14.9. The van der Waals surface area contributed by atoms with Crippen molar-refractivity contribution in [1.29, 1.82) is 0 Å². The smallest absolute Gasteiger partial charge is 0.388 e. The standard InChI is InChI=1S/C14H13ClF2N4O/c1-3-4-9-18-7(2)11-12(15)19-8-5-6-10(22-14(16)17)20-13(8)21(9)11/h5-6,14H,3-4H2,1-2H3. The van der Waals surface area contributed by atoms with Crippen molar-refractivity contribution < 1.29 is 13.5 Å². The molecule has 0 aliphatic rings. The van der Waals surface area contributed by atoms with E-state index >= 15 is 0 Å². The van der Waals surface area contributed by atoms with Gasteiger partial charge in [0, 0.05) is 12.5 Å². The summed E-state index contributed by atoms with van der Waals surface area (Å²) < 4.78 is 30.9. The monoisotopic (exact) mass is 326 g/mol. The number of aryl methyl sites for hydroxylation is 2. The molecule has 3 aromatic rings. The van der Waals surface area contributed by atoms with Gasteiger partial charge in [-0.3, -0.25) is 4.40 Å². The first-order chi connectivity index (χ1) is 10.5. The lowest BCUT2D eigenvalue weighted by Gasteiger charge is -2.08. The van der Waals surface area contributed by atoms with Gasteiger partial charge in [0.05, 0.1) is 5.69 Å². The van der Waals surface area contributed by atoms with Crippen LogP contribution < -0.4 is 4.74 Å². The molecule has 5 nitrogen and oxygen atoms in total. The molecule has 0 amide bonds. The molecule has 0 unspecified atom stereocenters. The van der Waals surface area contributed by atoms with Gasteiger partial charge in [0.1, 0.15) is 16.9 Å². The van der Waals surface area contributed by atoms with Crippen LogP contribution in [-0.4, -0.2) is 26.0 Å². The van der Waals surface area contributed by atoms with E-state index in [1.54, 1.807) is 10.5 Å². The highest BCUT2D eigenvalue weighted by molar-refractivity contribution is 6.33. The second kappa shape index (κ2) is 5.64. The molecule has 22 heavy (non-hydrogen) atoms. The summed E-state index contributed by atoms with van der Waals surface area (Å²) in [4.78, 5) is 12.9. The van der Waals surface area contributed by atoms with E-state index in [0.29, 0.717) is 28.3 Å². The molecule has 3 aromatic heterocycles. The molecule has 3 rings (SSSR count). The van der Waals surface area contributed by atoms with Crippen LogP contribution >= 0.6 is 11.6 Å². The molecule has 0 fully saturated rings. The number of imidazole rings is 1. The molecule has 0 aromatic carbocycles. The van der Waals surface area contributed by atoms with E-state index in [1.165, 1.54) is 6.07 Å². The molecule has 8 heteroatoms. The van der Waals surface area contributed by atoms with Gasteiger partial charge < -0.3 is 4.74 Å². The Hall–Kier alpha value is -2.02. The van der Waals surface area contributed by atoms with Crippen molar-refractivity contribution in [1.82, 2.24) is 19.4 Å². The van der Waals surface area contributed by atoms with Gasteiger partial charge >= 0.3 is 6.61 Å². The SMILES string of the molecule is CCCc1nc(C)c2c(Cl)nc3ccc(OC(F)F)nc3n12. The maximum Gasteiger partial charge on any atom is 0.388 e. The van der Waals surface area contributed by atoms with Crippen molar-refractivity contribution in [2.24, 2.45) is 0 Å². The summed E-state index contributed by atoms with van der Waals surface area (Å²) in [6.45, 7) is 0.924. The molecule has 0 saturated carbocycles. The summed E-state index contributed by atoms with van der Waals surface area (Å²) in [7, 11) is 0. The second-order valence-corrected chi connectivity index (χ2v) is 5.18. The molecule has 0 radical (unpaired) electrons. The van der Waals surface area contributed by atoms with Crippen LogP contribution in [0, 0.1) is 6.92 Å². The average molecular weight is 327 g/mol. The molecule has 116 valence electrons. The Labute approximate surface area is 129 Å². The third kappa shape index (κ3) is 2.45. The van der Waals surface area contributed by atoms with Crippen molar-refractivity contribution in [3.05, 3.63) is 28.8 Å². The predicted molar refractivity (Wildman–Crippen MR) is 78.7 cm³/mol. The summed E-state index contributed by atoms with van der Waals surface area (Å²) in [5.41, 5.74) is 2.26. The van der Waals surface area contributed by atoms with Gasteiger partial charge in [-0.05, 0) is 19.4 Å². The fourth-order valence-corrected chi connectivity index (χ4v) is 2.75. The van der Waals surface area contributed by atoms with E-state index in [2.05, 4.69) is 19.7 Å². The number of nitrogens with zero attached hydrogens (tertiary/aromatic N) is 4. The Bertz CT molecular complexity index is 850. The Morgan fingerprint density at radius 2 is 2.05 bits per heavy atom. The fraction of sp³-hybridized carbons (Fsp3) is 0.357. The van der Waals surface area contributed by atoms with Crippen LogP contribution in [0.4, 0.5) is 8.78 Å². The largest absolute Gasteiger partial charge is 0.417 e. The maximum absolute atomic E-state index is 12.4. The minimum Gasteiger partial charge on any atom is -0.417 e. The minimum absolute atomic E-state index is 0.165. The molecule has 0 spiro atoms. The normalized spacial score (nSPS) is 11.7. The molecule has 0 bridgehead atoms. The summed E-state index contributed by atoms with van der Waals surface area (Å²) in [5, 5.41) is 0.309. The summed E-state index contributed by atoms with van der Waals surface area (Å²) >= 11 is 6.23. The van der Waals surface area contributed by atoms with Crippen LogP contribution in [0.1, 0.15) is 24.9 Å². The van der Waals surface area contributed by atoms with Gasteiger partial charge in [0.2, 0.25) is 5.88 Å². The summed E-state index contributed by atoms with van der Waals surface area (Å²) in [6.07, 6.45) is 1.60. The quantitative estimate of drug-likeness (QED) is 0.732. The van der Waals surface area contributed by atoms with Gasteiger partial charge in [0.25, 0.3) is 0 Å². The first-order valence-corrected chi connectivity index (χ1v) is 7.18. The number of halogens is 3. The zero-order valence-corrected chi connectivity index (χ0v) is 12.7. The zero-order chi connectivity index (χ0) is 15.9. The van der Waals surface area contributed by atoms with Gasteiger partial charge in [0.15, 0.2) is 10.8 Å². The zero-order valence-electron chi connectivity index (χ0n) is 12.0. The highest BCUT2D eigenvalue weighted by atomic mass is 35.5. The van der Waals surface area contributed by atoms with Gasteiger partial charge in [-0.15, -0.1) is 0 Å². The number of hydrogen-bond donors (Lipinski definition) is 0. The Balaban J connectivity index is 2.34. The molecule has 0 atom stereocenters.